The van der Waals surface area contributed by atoms with Crippen molar-refractivity contribution in [2.24, 2.45) is 0 Å². The van der Waals surface area contributed by atoms with Crippen LogP contribution in [0.4, 0.5) is 17.1 Å². The monoisotopic (exact) mass is 371 g/mol. The number of halogens is 1. The van der Waals surface area contributed by atoms with E-state index in [0.717, 1.165) is 27.8 Å². The van der Waals surface area contributed by atoms with Crippen LogP contribution in [-0.2, 0) is 0 Å². The molecule has 0 saturated heterocycles. The Morgan fingerprint density at radius 2 is 1.92 bits per heavy atom. The predicted molar refractivity (Wildman–Crippen MR) is 103 cm³/mol. The number of fused-ring (bicyclic) bond motifs is 2. The summed E-state index contributed by atoms with van der Waals surface area (Å²) in [4.78, 5) is 4.41. The molecule has 0 aliphatic carbocycles. The third-order valence-electron chi connectivity index (χ3n) is 4.31. The zero-order chi connectivity index (χ0) is 18.4. The van der Waals surface area contributed by atoms with Crippen LogP contribution >= 0.6 is 11.6 Å². The largest absolute Gasteiger partial charge is 0.495 e. The fourth-order valence-corrected chi connectivity index (χ4v) is 3.29. The van der Waals surface area contributed by atoms with Crippen molar-refractivity contribution in [3.63, 3.8) is 0 Å². The second kappa shape index (κ2) is 6.14. The SMILES string of the molecule is COc1cc(Nc2c(N)cnc3cc4c(cc23)OC(C)O4)c(C)cc1Cl. The number of nitrogens with zero attached hydrogens (tertiary/aromatic N) is 1. The fraction of sp³-hybridized carbons (Fsp3) is 0.211. The van der Waals surface area contributed by atoms with Crippen LogP contribution < -0.4 is 25.3 Å². The van der Waals surface area contributed by atoms with Crippen molar-refractivity contribution in [1.82, 2.24) is 4.98 Å². The van der Waals surface area contributed by atoms with Crippen LogP contribution in [0.2, 0.25) is 5.02 Å². The summed E-state index contributed by atoms with van der Waals surface area (Å²) in [5.41, 5.74) is 10.0. The summed E-state index contributed by atoms with van der Waals surface area (Å²) in [7, 11) is 1.58. The first-order valence-electron chi connectivity index (χ1n) is 8.13. The van der Waals surface area contributed by atoms with E-state index in [-0.39, 0.29) is 6.29 Å². The van der Waals surface area contributed by atoms with E-state index in [0.29, 0.717) is 28.0 Å². The number of hydrogen-bond acceptors (Lipinski definition) is 6. The maximum absolute atomic E-state index is 6.20. The summed E-state index contributed by atoms with van der Waals surface area (Å²) in [6.07, 6.45) is 1.30. The zero-order valence-electron chi connectivity index (χ0n) is 14.6. The number of anilines is 3. The number of nitrogens with one attached hydrogen (secondary N) is 1. The molecule has 1 atom stereocenters. The van der Waals surface area contributed by atoms with Gasteiger partial charge in [0, 0.05) is 30.1 Å². The Labute approximate surface area is 155 Å². The van der Waals surface area contributed by atoms with Gasteiger partial charge in [-0.15, -0.1) is 0 Å². The standard InChI is InChI=1S/C19H18ClN3O3/c1-9-4-12(20)16(24-3)6-14(9)23-19-11-5-17-18(26-10(2)25-17)7-15(11)22-8-13(19)21/h4-8,10H,21H2,1-3H3,(H,22,23). The molecule has 6 nitrogen and oxygen atoms in total. The smallest absolute Gasteiger partial charge is 0.238 e. The number of methoxy groups -OCH3 is 1. The van der Waals surface area contributed by atoms with Gasteiger partial charge in [-0.2, -0.15) is 0 Å². The second-order valence-corrected chi connectivity index (χ2v) is 6.54. The van der Waals surface area contributed by atoms with Gasteiger partial charge in [-0.05, 0) is 24.6 Å². The van der Waals surface area contributed by atoms with E-state index < -0.39 is 0 Å². The van der Waals surface area contributed by atoms with Gasteiger partial charge in [0.25, 0.3) is 0 Å². The number of aryl methyl sites for hydroxylation is 1. The summed E-state index contributed by atoms with van der Waals surface area (Å²) in [5, 5.41) is 4.79. The van der Waals surface area contributed by atoms with Crippen molar-refractivity contribution in [2.75, 3.05) is 18.2 Å². The van der Waals surface area contributed by atoms with Gasteiger partial charge in [0.15, 0.2) is 11.5 Å². The van der Waals surface area contributed by atoms with Crippen LogP contribution in [0.15, 0.2) is 30.5 Å². The maximum Gasteiger partial charge on any atom is 0.238 e. The van der Waals surface area contributed by atoms with E-state index in [1.165, 1.54) is 0 Å². The van der Waals surface area contributed by atoms with E-state index in [1.54, 1.807) is 13.3 Å². The van der Waals surface area contributed by atoms with Crippen molar-refractivity contribution in [3.05, 3.63) is 41.0 Å². The lowest BCUT2D eigenvalue weighted by Crippen LogP contribution is -2.11. The highest BCUT2D eigenvalue weighted by molar-refractivity contribution is 6.32. The van der Waals surface area contributed by atoms with Crippen molar-refractivity contribution < 1.29 is 14.2 Å². The maximum atomic E-state index is 6.20. The van der Waals surface area contributed by atoms with Crippen molar-refractivity contribution in [2.45, 2.75) is 20.1 Å². The Bertz CT molecular complexity index is 1020. The molecule has 0 bridgehead atoms. The fourth-order valence-electron chi connectivity index (χ4n) is 3.00. The van der Waals surface area contributed by atoms with Crippen molar-refractivity contribution in [1.29, 1.82) is 0 Å². The van der Waals surface area contributed by atoms with Crippen LogP contribution in [0.1, 0.15) is 12.5 Å². The minimum Gasteiger partial charge on any atom is -0.495 e. The van der Waals surface area contributed by atoms with Crippen LogP contribution in [-0.4, -0.2) is 18.4 Å². The van der Waals surface area contributed by atoms with Crippen LogP contribution in [0.5, 0.6) is 17.2 Å². The number of nitrogens with two attached hydrogens (primary N) is 1. The first kappa shape index (κ1) is 16.6. The van der Waals surface area contributed by atoms with Crippen LogP contribution in [0, 0.1) is 6.92 Å². The van der Waals surface area contributed by atoms with Gasteiger partial charge in [0.05, 0.1) is 35.2 Å². The lowest BCUT2D eigenvalue weighted by molar-refractivity contribution is 0.0679. The molecule has 0 radical (unpaired) electrons. The van der Waals surface area contributed by atoms with Gasteiger partial charge >= 0.3 is 0 Å². The molecule has 2 aromatic carbocycles. The summed E-state index contributed by atoms with van der Waals surface area (Å²) in [5.74, 6) is 1.94. The number of ether oxygens (including phenoxy) is 3. The van der Waals surface area contributed by atoms with E-state index in [2.05, 4.69) is 10.3 Å². The molecule has 1 aliphatic rings. The average molecular weight is 372 g/mol. The third kappa shape index (κ3) is 2.72. The number of nitrogen functional groups attached to an aromatic ring is 1. The molecule has 1 unspecified atom stereocenters. The summed E-state index contributed by atoms with van der Waals surface area (Å²) < 4.78 is 16.6. The van der Waals surface area contributed by atoms with Crippen LogP contribution in [0.25, 0.3) is 10.9 Å². The number of rotatable bonds is 3. The second-order valence-electron chi connectivity index (χ2n) is 6.13. The van der Waals surface area contributed by atoms with Gasteiger partial charge < -0.3 is 25.3 Å². The molecule has 3 N–H and O–H groups in total. The van der Waals surface area contributed by atoms with E-state index in [9.17, 15) is 0 Å². The van der Waals surface area contributed by atoms with Gasteiger partial charge in [0.2, 0.25) is 6.29 Å². The molecule has 0 saturated carbocycles. The lowest BCUT2D eigenvalue weighted by atomic mass is 10.1. The zero-order valence-corrected chi connectivity index (χ0v) is 15.3. The Hall–Kier alpha value is -2.86. The predicted octanol–water partition coefficient (Wildman–Crippen LogP) is 4.65. The first-order chi connectivity index (χ1) is 12.5. The molecule has 7 heteroatoms. The van der Waals surface area contributed by atoms with Gasteiger partial charge in [0.1, 0.15) is 5.75 Å². The normalized spacial score (nSPS) is 15.3. The molecular weight excluding hydrogens is 354 g/mol. The summed E-state index contributed by atoms with van der Waals surface area (Å²) in [6.45, 7) is 3.80. The Balaban J connectivity index is 1.84. The summed E-state index contributed by atoms with van der Waals surface area (Å²) >= 11 is 6.19. The Kier molecular flexibility index (Phi) is 3.92. The van der Waals surface area contributed by atoms with Crippen molar-refractivity contribution in [3.8, 4) is 17.2 Å². The molecular formula is C19H18ClN3O3. The molecule has 1 aliphatic heterocycles. The highest BCUT2D eigenvalue weighted by Crippen LogP contribution is 2.42. The average Bonchev–Trinajstić information content (AvgIpc) is 2.96. The molecule has 0 spiro atoms. The molecule has 1 aromatic heterocycles. The number of benzene rings is 2. The number of hydrogen-bond donors (Lipinski definition) is 2. The van der Waals surface area contributed by atoms with Crippen molar-refractivity contribution >= 4 is 39.6 Å². The molecule has 4 rings (SSSR count). The molecule has 0 fully saturated rings. The molecule has 3 aromatic rings. The minimum absolute atomic E-state index is 0.321. The first-order valence-corrected chi connectivity index (χ1v) is 8.50. The van der Waals surface area contributed by atoms with Gasteiger partial charge in [-0.3, -0.25) is 4.98 Å². The van der Waals surface area contributed by atoms with Gasteiger partial charge in [-0.25, -0.2) is 0 Å². The van der Waals surface area contributed by atoms with Crippen LogP contribution in [0.3, 0.4) is 0 Å². The number of aromatic nitrogens is 1. The molecule has 26 heavy (non-hydrogen) atoms. The third-order valence-corrected chi connectivity index (χ3v) is 4.60. The van der Waals surface area contributed by atoms with E-state index in [4.69, 9.17) is 31.5 Å². The quantitative estimate of drug-likeness (QED) is 0.697. The van der Waals surface area contributed by atoms with Gasteiger partial charge in [-0.1, -0.05) is 11.6 Å². The summed E-state index contributed by atoms with van der Waals surface area (Å²) in [6, 6.07) is 7.44. The lowest BCUT2D eigenvalue weighted by Gasteiger charge is -2.16. The Morgan fingerprint density at radius 1 is 1.19 bits per heavy atom. The minimum atomic E-state index is -0.321. The topological polar surface area (TPSA) is 78.6 Å². The van der Waals surface area contributed by atoms with E-state index in [1.807, 2.05) is 38.1 Å². The Morgan fingerprint density at radius 3 is 2.65 bits per heavy atom. The highest BCUT2D eigenvalue weighted by Gasteiger charge is 2.22. The molecule has 134 valence electrons. The molecule has 2 heterocycles. The highest BCUT2D eigenvalue weighted by atomic mass is 35.5. The van der Waals surface area contributed by atoms with E-state index >= 15 is 0 Å². The number of pyridine rings is 1. The molecule has 0 amide bonds.